The van der Waals surface area contributed by atoms with Gasteiger partial charge in [-0.3, -0.25) is 4.79 Å². The smallest absolute Gasteiger partial charge is 0.258 e. The van der Waals surface area contributed by atoms with Crippen LogP contribution in [0.3, 0.4) is 0 Å². The van der Waals surface area contributed by atoms with Gasteiger partial charge in [0.2, 0.25) is 0 Å². The SMILES string of the molecule is Cc1ccc(F)c(C(=O)Nc2cc(Cl)ccc2F)c1. The van der Waals surface area contributed by atoms with Crippen molar-refractivity contribution in [1.29, 1.82) is 0 Å². The number of nitrogens with one attached hydrogen (secondary N) is 1. The molecule has 0 aliphatic rings. The summed E-state index contributed by atoms with van der Waals surface area (Å²) in [5, 5.41) is 2.58. The molecule has 0 radical (unpaired) electrons. The summed E-state index contributed by atoms with van der Waals surface area (Å²) in [5.41, 5.74) is 0.510. The molecular weight excluding hydrogens is 272 g/mol. The van der Waals surface area contributed by atoms with Gasteiger partial charge in [-0.05, 0) is 37.3 Å². The van der Waals surface area contributed by atoms with Crippen LogP contribution in [0, 0.1) is 18.6 Å². The van der Waals surface area contributed by atoms with E-state index in [1.807, 2.05) is 0 Å². The molecule has 2 aromatic carbocycles. The highest BCUT2D eigenvalue weighted by Crippen LogP contribution is 2.21. The first-order valence-corrected chi connectivity index (χ1v) is 5.88. The highest BCUT2D eigenvalue weighted by molar-refractivity contribution is 6.31. The Kier molecular flexibility index (Phi) is 3.81. The molecule has 0 atom stereocenters. The molecule has 0 aliphatic carbocycles. The number of amides is 1. The van der Waals surface area contributed by atoms with Crippen LogP contribution in [0.15, 0.2) is 36.4 Å². The number of anilines is 1. The molecule has 0 heterocycles. The molecule has 0 saturated carbocycles. The highest BCUT2D eigenvalue weighted by atomic mass is 35.5. The lowest BCUT2D eigenvalue weighted by atomic mass is 10.1. The van der Waals surface area contributed by atoms with E-state index in [0.717, 1.165) is 11.6 Å². The number of hydrogen-bond donors (Lipinski definition) is 1. The lowest BCUT2D eigenvalue weighted by molar-refractivity contribution is 0.102. The molecule has 2 rings (SSSR count). The van der Waals surface area contributed by atoms with Gasteiger partial charge in [0.15, 0.2) is 0 Å². The van der Waals surface area contributed by atoms with Crippen molar-refractivity contribution in [3.63, 3.8) is 0 Å². The van der Waals surface area contributed by atoms with Gasteiger partial charge >= 0.3 is 0 Å². The van der Waals surface area contributed by atoms with Crippen LogP contribution >= 0.6 is 11.6 Å². The number of halogens is 3. The lowest BCUT2D eigenvalue weighted by Crippen LogP contribution is -2.15. The van der Waals surface area contributed by atoms with Crippen LogP contribution in [0.5, 0.6) is 0 Å². The molecule has 19 heavy (non-hydrogen) atoms. The van der Waals surface area contributed by atoms with E-state index in [-0.39, 0.29) is 16.3 Å². The number of benzene rings is 2. The Morgan fingerprint density at radius 2 is 1.79 bits per heavy atom. The van der Waals surface area contributed by atoms with E-state index in [9.17, 15) is 13.6 Å². The van der Waals surface area contributed by atoms with Crippen LogP contribution in [0.25, 0.3) is 0 Å². The molecule has 0 saturated heterocycles. The summed E-state index contributed by atoms with van der Waals surface area (Å²) in [5.74, 6) is -2.02. The zero-order valence-electron chi connectivity index (χ0n) is 10.0. The molecule has 0 unspecified atom stereocenters. The second kappa shape index (κ2) is 5.36. The normalized spacial score (nSPS) is 10.3. The Bertz CT molecular complexity index is 643. The number of aryl methyl sites for hydroxylation is 1. The average Bonchev–Trinajstić information content (AvgIpc) is 2.36. The minimum absolute atomic E-state index is 0.0848. The van der Waals surface area contributed by atoms with Gasteiger partial charge in [-0.1, -0.05) is 23.2 Å². The molecule has 0 spiro atoms. The van der Waals surface area contributed by atoms with Crippen LogP contribution in [-0.4, -0.2) is 5.91 Å². The molecule has 0 bridgehead atoms. The monoisotopic (exact) mass is 281 g/mol. The quantitative estimate of drug-likeness (QED) is 0.879. The molecule has 1 amide bonds. The molecule has 5 heteroatoms. The summed E-state index contributed by atoms with van der Waals surface area (Å²) in [6, 6.07) is 7.89. The van der Waals surface area contributed by atoms with Crippen molar-refractivity contribution in [1.82, 2.24) is 0 Å². The van der Waals surface area contributed by atoms with Gasteiger partial charge in [-0.2, -0.15) is 0 Å². The predicted octanol–water partition coefficient (Wildman–Crippen LogP) is 4.18. The zero-order valence-corrected chi connectivity index (χ0v) is 10.8. The van der Waals surface area contributed by atoms with Gasteiger partial charge in [0, 0.05) is 5.02 Å². The average molecular weight is 282 g/mol. The first kappa shape index (κ1) is 13.5. The van der Waals surface area contributed by atoms with Crippen molar-refractivity contribution >= 4 is 23.2 Å². The van der Waals surface area contributed by atoms with Crippen molar-refractivity contribution in [2.45, 2.75) is 6.92 Å². The van der Waals surface area contributed by atoms with Crippen LogP contribution in [0.2, 0.25) is 5.02 Å². The second-order valence-corrected chi connectivity index (χ2v) is 4.50. The van der Waals surface area contributed by atoms with Crippen LogP contribution in [0.4, 0.5) is 14.5 Å². The van der Waals surface area contributed by atoms with E-state index in [0.29, 0.717) is 0 Å². The summed E-state index contributed by atoms with van der Waals surface area (Å²) < 4.78 is 27.0. The number of carbonyl (C=O) groups excluding carboxylic acids is 1. The molecule has 98 valence electrons. The Hall–Kier alpha value is -1.94. The van der Waals surface area contributed by atoms with Crippen molar-refractivity contribution in [2.24, 2.45) is 0 Å². The van der Waals surface area contributed by atoms with Crippen LogP contribution < -0.4 is 5.32 Å². The molecule has 2 nitrogen and oxygen atoms in total. The maximum absolute atomic E-state index is 13.5. The van der Waals surface area contributed by atoms with E-state index in [1.165, 1.54) is 24.3 Å². The zero-order chi connectivity index (χ0) is 14.0. The fraction of sp³-hybridized carbons (Fsp3) is 0.0714. The maximum atomic E-state index is 13.5. The molecule has 0 aromatic heterocycles. The minimum atomic E-state index is -0.720. The van der Waals surface area contributed by atoms with E-state index in [1.54, 1.807) is 13.0 Å². The van der Waals surface area contributed by atoms with E-state index >= 15 is 0 Å². The summed E-state index contributed by atoms with van der Waals surface area (Å²) in [6.45, 7) is 1.73. The number of rotatable bonds is 2. The maximum Gasteiger partial charge on any atom is 0.258 e. The van der Waals surface area contributed by atoms with Crippen LogP contribution in [-0.2, 0) is 0 Å². The topological polar surface area (TPSA) is 29.1 Å². The lowest BCUT2D eigenvalue weighted by Gasteiger charge is -2.08. The van der Waals surface area contributed by atoms with Crippen LogP contribution in [0.1, 0.15) is 15.9 Å². The first-order valence-electron chi connectivity index (χ1n) is 5.50. The standard InChI is InChI=1S/C14H10ClF2NO/c1-8-2-4-11(16)10(6-8)14(19)18-13-7-9(15)3-5-12(13)17/h2-7H,1H3,(H,18,19). The molecule has 1 N–H and O–H groups in total. The molecule has 0 aliphatic heterocycles. The molecule has 2 aromatic rings. The van der Waals surface area contributed by atoms with Crippen molar-refractivity contribution in [3.05, 3.63) is 64.2 Å². The predicted molar refractivity (Wildman–Crippen MR) is 70.5 cm³/mol. The van der Waals surface area contributed by atoms with Gasteiger partial charge < -0.3 is 5.32 Å². The van der Waals surface area contributed by atoms with Gasteiger partial charge in [0.1, 0.15) is 11.6 Å². The molecular formula is C14H10ClF2NO. The Balaban J connectivity index is 2.30. The fourth-order valence-electron chi connectivity index (χ4n) is 1.60. The van der Waals surface area contributed by atoms with Crippen molar-refractivity contribution in [3.8, 4) is 0 Å². The van der Waals surface area contributed by atoms with Gasteiger partial charge in [0.05, 0.1) is 11.3 Å². The third-order valence-corrected chi connectivity index (χ3v) is 2.78. The number of hydrogen-bond acceptors (Lipinski definition) is 1. The Labute approximate surface area is 114 Å². The second-order valence-electron chi connectivity index (χ2n) is 4.06. The summed E-state index contributed by atoms with van der Waals surface area (Å²) >= 11 is 5.71. The summed E-state index contributed by atoms with van der Waals surface area (Å²) in [6.07, 6.45) is 0. The highest BCUT2D eigenvalue weighted by Gasteiger charge is 2.14. The third kappa shape index (κ3) is 3.09. The van der Waals surface area contributed by atoms with Crippen molar-refractivity contribution in [2.75, 3.05) is 5.32 Å². The Morgan fingerprint density at radius 1 is 1.11 bits per heavy atom. The van der Waals surface area contributed by atoms with E-state index in [2.05, 4.69) is 5.32 Å². The minimum Gasteiger partial charge on any atom is -0.319 e. The molecule has 0 fully saturated rings. The van der Waals surface area contributed by atoms with Gasteiger partial charge in [0.25, 0.3) is 5.91 Å². The van der Waals surface area contributed by atoms with Crippen molar-refractivity contribution < 1.29 is 13.6 Å². The largest absolute Gasteiger partial charge is 0.319 e. The fourth-order valence-corrected chi connectivity index (χ4v) is 1.77. The number of carbonyl (C=O) groups is 1. The first-order chi connectivity index (χ1) is 8.97. The van der Waals surface area contributed by atoms with Gasteiger partial charge in [-0.25, -0.2) is 8.78 Å². The summed E-state index contributed by atoms with van der Waals surface area (Å²) in [7, 11) is 0. The van der Waals surface area contributed by atoms with E-state index in [4.69, 9.17) is 11.6 Å². The van der Waals surface area contributed by atoms with E-state index < -0.39 is 17.5 Å². The van der Waals surface area contributed by atoms with Gasteiger partial charge in [-0.15, -0.1) is 0 Å². The Morgan fingerprint density at radius 3 is 2.53 bits per heavy atom. The summed E-state index contributed by atoms with van der Waals surface area (Å²) in [4.78, 5) is 11.9. The third-order valence-electron chi connectivity index (χ3n) is 2.54.